The van der Waals surface area contributed by atoms with Crippen molar-refractivity contribution in [2.45, 2.75) is 5.92 Å². The van der Waals surface area contributed by atoms with Gasteiger partial charge in [-0.15, -0.1) is 0 Å². The first-order chi connectivity index (χ1) is 15.8. The molecule has 0 aliphatic carbocycles. The van der Waals surface area contributed by atoms with Crippen LogP contribution in [0.2, 0.25) is 0 Å². The summed E-state index contributed by atoms with van der Waals surface area (Å²) in [6, 6.07) is 12.5. The Morgan fingerprint density at radius 1 is 1.15 bits per heavy atom. The second-order valence-corrected chi connectivity index (χ2v) is 6.94. The third-order valence-electron chi connectivity index (χ3n) is 4.40. The lowest BCUT2D eigenvalue weighted by molar-refractivity contribution is -0.384. The molecule has 1 unspecified atom stereocenters. The SMILES string of the molecule is COC(=O)C(C(NNC(N)=S)=C([O-])Nc1ccccc1[N+](=O)[O-])c1cnc2ccccc2n1. The molecule has 33 heavy (non-hydrogen) atoms. The normalized spacial score (nSPS) is 12.3. The molecule has 0 bridgehead atoms. The van der Waals surface area contributed by atoms with E-state index in [1.54, 1.807) is 24.3 Å². The van der Waals surface area contributed by atoms with Crippen LogP contribution in [0.1, 0.15) is 11.6 Å². The van der Waals surface area contributed by atoms with E-state index < -0.39 is 22.7 Å². The van der Waals surface area contributed by atoms with Crippen LogP contribution in [0.25, 0.3) is 11.0 Å². The van der Waals surface area contributed by atoms with Gasteiger partial charge in [0.15, 0.2) is 5.11 Å². The lowest BCUT2D eigenvalue weighted by Crippen LogP contribution is -2.45. The van der Waals surface area contributed by atoms with Crippen LogP contribution in [-0.4, -0.2) is 33.1 Å². The Morgan fingerprint density at radius 3 is 2.48 bits per heavy atom. The highest BCUT2D eigenvalue weighted by atomic mass is 32.1. The number of esters is 1. The van der Waals surface area contributed by atoms with Gasteiger partial charge in [0.2, 0.25) is 0 Å². The number of para-hydroxylation sites is 4. The third-order valence-corrected chi connectivity index (χ3v) is 4.50. The summed E-state index contributed by atoms with van der Waals surface area (Å²) in [7, 11) is 1.14. The van der Waals surface area contributed by atoms with Crippen molar-refractivity contribution in [1.82, 2.24) is 20.8 Å². The van der Waals surface area contributed by atoms with E-state index in [4.69, 9.17) is 22.7 Å². The van der Waals surface area contributed by atoms with E-state index in [1.165, 1.54) is 30.5 Å². The predicted octanol–water partition coefficient (Wildman–Crippen LogP) is 0.774. The summed E-state index contributed by atoms with van der Waals surface area (Å²) in [5.74, 6) is -3.13. The maximum Gasteiger partial charge on any atom is 0.320 e. The minimum atomic E-state index is -1.39. The van der Waals surface area contributed by atoms with Crippen LogP contribution in [0.5, 0.6) is 0 Å². The smallest absolute Gasteiger partial charge is 0.320 e. The Morgan fingerprint density at radius 2 is 1.82 bits per heavy atom. The number of nitrogens with two attached hydrogens (primary N) is 1. The number of nitro groups is 1. The fourth-order valence-electron chi connectivity index (χ4n) is 2.93. The molecule has 3 aromatic rings. The van der Waals surface area contributed by atoms with E-state index in [-0.39, 0.29) is 27.9 Å². The van der Waals surface area contributed by atoms with Gasteiger partial charge in [0.25, 0.3) is 5.69 Å². The molecule has 0 aliphatic rings. The van der Waals surface area contributed by atoms with Gasteiger partial charge in [-0.1, -0.05) is 24.3 Å². The number of thiocarbonyl (C=S) groups is 1. The molecule has 0 amide bonds. The van der Waals surface area contributed by atoms with Gasteiger partial charge in [-0.3, -0.25) is 25.3 Å². The van der Waals surface area contributed by atoms with Crippen molar-refractivity contribution in [3.8, 4) is 0 Å². The van der Waals surface area contributed by atoms with Crippen molar-refractivity contribution >= 4 is 45.7 Å². The number of hydrogen-bond donors (Lipinski definition) is 4. The molecule has 1 aromatic heterocycles. The zero-order valence-corrected chi connectivity index (χ0v) is 18.0. The summed E-state index contributed by atoms with van der Waals surface area (Å²) in [6.07, 6.45) is 1.32. The molecule has 0 fully saturated rings. The zero-order valence-electron chi connectivity index (χ0n) is 17.1. The van der Waals surface area contributed by atoms with E-state index in [2.05, 4.69) is 26.1 Å². The first-order valence-corrected chi connectivity index (χ1v) is 9.75. The van der Waals surface area contributed by atoms with Crippen LogP contribution in [0.4, 0.5) is 11.4 Å². The van der Waals surface area contributed by atoms with Crippen LogP contribution >= 0.6 is 12.2 Å². The molecule has 3 rings (SSSR count). The number of hydrogen-bond acceptors (Lipinski definition) is 10. The number of aromatic nitrogens is 2. The molecule has 0 radical (unpaired) electrons. The number of rotatable bonds is 8. The number of ether oxygens (including phenoxy) is 1. The zero-order chi connectivity index (χ0) is 24.0. The lowest BCUT2D eigenvalue weighted by atomic mass is 10.0. The van der Waals surface area contributed by atoms with Crippen molar-refractivity contribution in [1.29, 1.82) is 0 Å². The summed E-state index contributed by atoms with van der Waals surface area (Å²) in [6.45, 7) is 0. The van der Waals surface area contributed by atoms with Gasteiger partial charge in [0.05, 0.1) is 40.7 Å². The number of nitro benzene ring substituents is 1. The first kappa shape index (κ1) is 23.1. The van der Waals surface area contributed by atoms with E-state index in [0.717, 1.165) is 7.11 Å². The summed E-state index contributed by atoms with van der Waals surface area (Å²) in [5.41, 5.74) is 10.7. The molecule has 1 heterocycles. The highest BCUT2D eigenvalue weighted by Gasteiger charge is 2.30. The maximum absolute atomic E-state index is 13.2. The molecule has 5 N–H and O–H groups in total. The summed E-state index contributed by atoms with van der Waals surface area (Å²) in [5, 5.41) is 26.7. The molecule has 0 aliphatic heterocycles. The summed E-state index contributed by atoms with van der Waals surface area (Å²) >= 11 is 4.77. The highest BCUT2D eigenvalue weighted by molar-refractivity contribution is 7.80. The van der Waals surface area contributed by atoms with Gasteiger partial charge >= 0.3 is 5.97 Å². The van der Waals surface area contributed by atoms with Gasteiger partial charge in [-0.2, -0.15) is 0 Å². The Kier molecular flexibility index (Phi) is 7.15. The number of nitrogens with zero attached hydrogens (tertiary/aromatic N) is 3. The molecule has 1 atom stereocenters. The molecule has 13 heteroatoms. The van der Waals surface area contributed by atoms with E-state index in [1.807, 2.05) is 0 Å². The first-order valence-electron chi connectivity index (χ1n) is 9.34. The number of carbonyl (C=O) groups is 1. The summed E-state index contributed by atoms with van der Waals surface area (Å²) in [4.78, 5) is 32.1. The number of carbonyl (C=O) groups excluding carboxylic acids is 1. The van der Waals surface area contributed by atoms with Crippen LogP contribution in [0.15, 0.2) is 66.3 Å². The van der Waals surface area contributed by atoms with Crippen molar-refractivity contribution in [2.75, 3.05) is 12.4 Å². The molecular formula is C20H18N7O5S-. The fraction of sp³-hybridized carbons (Fsp3) is 0.100. The molecule has 0 saturated carbocycles. The Bertz CT molecular complexity index is 1250. The van der Waals surface area contributed by atoms with Gasteiger partial charge < -0.3 is 26.3 Å². The fourth-order valence-corrected chi connectivity index (χ4v) is 2.98. The van der Waals surface area contributed by atoms with Crippen molar-refractivity contribution in [3.63, 3.8) is 0 Å². The minimum Gasteiger partial charge on any atom is -0.859 e. The third kappa shape index (κ3) is 5.40. The van der Waals surface area contributed by atoms with Crippen molar-refractivity contribution in [3.05, 3.63) is 82.1 Å². The second kappa shape index (κ2) is 10.2. The predicted molar refractivity (Wildman–Crippen MR) is 121 cm³/mol. The van der Waals surface area contributed by atoms with Crippen LogP contribution in [0.3, 0.4) is 0 Å². The molecule has 0 saturated heterocycles. The average Bonchev–Trinajstić information content (AvgIpc) is 2.81. The number of nitrogens with one attached hydrogen (secondary N) is 3. The van der Waals surface area contributed by atoms with Crippen LogP contribution in [-0.2, 0) is 9.53 Å². The molecule has 2 aromatic carbocycles. The molecule has 0 spiro atoms. The number of hydrazine groups is 1. The van der Waals surface area contributed by atoms with Gasteiger partial charge in [0, 0.05) is 6.07 Å². The Hall–Kier alpha value is -4.52. The highest BCUT2D eigenvalue weighted by Crippen LogP contribution is 2.28. The lowest BCUT2D eigenvalue weighted by Gasteiger charge is -2.27. The standard InChI is InChI=1S/C20H19N7O5S/c1-32-19(29)16(14-10-22-11-6-2-3-7-12(11)23-14)17(25-26-20(21)33)18(28)24-13-8-4-5-9-15(13)27(30)31/h2-10,16,24-25,28H,1H3,(H3,21,26,33)/p-1. The van der Waals surface area contributed by atoms with Gasteiger partial charge in [-0.05, 0) is 36.3 Å². The van der Waals surface area contributed by atoms with Crippen molar-refractivity contribution in [2.24, 2.45) is 5.73 Å². The van der Waals surface area contributed by atoms with E-state index in [0.29, 0.717) is 11.0 Å². The van der Waals surface area contributed by atoms with E-state index in [9.17, 15) is 20.0 Å². The molecular weight excluding hydrogens is 450 g/mol. The number of fused-ring (bicyclic) bond motifs is 1. The molecule has 170 valence electrons. The Balaban J connectivity index is 2.13. The van der Waals surface area contributed by atoms with Crippen LogP contribution < -0.4 is 27.0 Å². The quantitative estimate of drug-likeness (QED) is 0.120. The number of benzene rings is 2. The minimum absolute atomic E-state index is 0.0877. The van der Waals surface area contributed by atoms with E-state index >= 15 is 0 Å². The second-order valence-electron chi connectivity index (χ2n) is 6.50. The van der Waals surface area contributed by atoms with Crippen molar-refractivity contribution < 1.29 is 19.6 Å². The van der Waals surface area contributed by atoms with Crippen LogP contribution in [0, 0.1) is 10.1 Å². The number of anilines is 1. The Labute approximate surface area is 192 Å². The maximum atomic E-state index is 13.2. The largest absolute Gasteiger partial charge is 0.859 e. The monoisotopic (exact) mass is 468 g/mol. The van der Waals surface area contributed by atoms with Gasteiger partial charge in [-0.25, -0.2) is 4.98 Å². The number of methoxy groups -OCH3 is 1. The topological polar surface area (TPSA) is 180 Å². The summed E-state index contributed by atoms with van der Waals surface area (Å²) < 4.78 is 4.88. The molecule has 12 nitrogen and oxygen atoms in total. The average molecular weight is 468 g/mol. The van der Waals surface area contributed by atoms with Gasteiger partial charge in [0.1, 0.15) is 11.6 Å².